The predicted octanol–water partition coefficient (Wildman–Crippen LogP) is 3.45. The lowest BCUT2D eigenvalue weighted by molar-refractivity contribution is 0.753. The van der Waals surface area contributed by atoms with Crippen LogP contribution >= 0.6 is 0 Å². The molecule has 0 fully saturated rings. The molecule has 0 N–H and O–H groups in total. The minimum atomic E-state index is 0.574. The molecule has 0 aliphatic heterocycles. The highest BCUT2D eigenvalue weighted by molar-refractivity contribution is 5.76. The number of fused-ring (bicyclic) bond motifs is 1. The van der Waals surface area contributed by atoms with E-state index in [-0.39, 0.29) is 0 Å². The van der Waals surface area contributed by atoms with Gasteiger partial charge in [-0.1, -0.05) is 48.4 Å². The van der Waals surface area contributed by atoms with E-state index in [2.05, 4.69) is 40.8 Å². The molecule has 0 atom stereocenters. The molecule has 3 aromatic rings. The third-order valence-electron chi connectivity index (χ3n) is 3.46. The van der Waals surface area contributed by atoms with Gasteiger partial charge in [-0.3, -0.25) is 0 Å². The highest BCUT2D eigenvalue weighted by Crippen LogP contribution is 2.17. The molecule has 0 radical (unpaired) electrons. The molecule has 3 rings (SSSR count). The molecular formula is C18H16N2. The summed E-state index contributed by atoms with van der Waals surface area (Å²) in [6, 6.07) is 18.6. The molecule has 0 saturated heterocycles. The summed E-state index contributed by atoms with van der Waals surface area (Å²) < 4.78 is 2.14. The molecule has 2 aromatic carbocycles. The number of nitrogens with zero attached hydrogens (tertiary/aromatic N) is 2. The molecular weight excluding hydrogens is 244 g/mol. The number of benzene rings is 2. The SMILES string of the molecule is C#CCn1c(CCc2ccccc2)nc2ccccc21. The van der Waals surface area contributed by atoms with Crippen LogP contribution in [0.3, 0.4) is 0 Å². The topological polar surface area (TPSA) is 17.8 Å². The number of rotatable bonds is 4. The van der Waals surface area contributed by atoms with E-state index in [0.717, 1.165) is 29.7 Å². The summed E-state index contributed by atoms with van der Waals surface area (Å²) in [4.78, 5) is 4.71. The Morgan fingerprint density at radius 1 is 0.950 bits per heavy atom. The maximum atomic E-state index is 5.49. The van der Waals surface area contributed by atoms with Crippen LogP contribution in [0.4, 0.5) is 0 Å². The Morgan fingerprint density at radius 3 is 2.50 bits per heavy atom. The van der Waals surface area contributed by atoms with Crippen LogP contribution in [0, 0.1) is 12.3 Å². The predicted molar refractivity (Wildman–Crippen MR) is 82.4 cm³/mol. The fourth-order valence-corrected chi connectivity index (χ4v) is 2.48. The molecule has 20 heavy (non-hydrogen) atoms. The van der Waals surface area contributed by atoms with Crippen molar-refractivity contribution < 1.29 is 0 Å². The average Bonchev–Trinajstić information content (AvgIpc) is 2.85. The Labute approximate surface area is 119 Å². The van der Waals surface area contributed by atoms with Crippen LogP contribution in [-0.4, -0.2) is 9.55 Å². The van der Waals surface area contributed by atoms with E-state index in [9.17, 15) is 0 Å². The lowest BCUT2D eigenvalue weighted by Gasteiger charge is -2.05. The van der Waals surface area contributed by atoms with E-state index in [1.165, 1.54) is 5.56 Å². The average molecular weight is 260 g/mol. The minimum Gasteiger partial charge on any atom is -0.316 e. The summed E-state index contributed by atoms with van der Waals surface area (Å²) in [6.45, 7) is 0.574. The number of aryl methyl sites for hydroxylation is 2. The fourth-order valence-electron chi connectivity index (χ4n) is 2.48. The second-order valence-corrected chi connectivity index (χ2v) is 4.79. The van der Waals surface area contributed by atoms with E-state index in [4.69, 9.17) is 11.4 Å². The van der Waals surface area contributed by atoms with E-state index < -0.39 is 0 Å². The third kappa shape index (κ3) is 2.44. The molecule has 0 bridgehead atoms. The van der Waals surface area contributed by atoms with Gasteiger partial charge in [0, 0.05) is 6.42 Å². The second-order valence-electron chi connectivity index (χ2n) is 4.79. The minimum absolute atomic E-state index is 0.574. The van der Waals surface area contributed by atoms with Gasteiger partial charge in [0.05, 0.1) is 17.6 Å². The van der Waals surface area contributed by atoms with Gasteiger partial charge in [-0.25, -0.2) is 4.98 Å². The van der Waals surface area contributed by atoms with Crippen molar-refractivity contribution in [3.8, 4) is 12.3 Å². The van der Waals surface area contributed by atoms with Gasteiger partial charge in [-0.2, -0.15) is 0 Å². The van der Waals surface area contributed by atoms with Gasteiger partial charge in [0.25, 0.3) is 0 Å². The van der Waals surface area contributed by atoms with Gasteiger partial charge in [0.2, 0.25) is 0 Å². The zero-order valence-corrected chi connectivity index (χ0v) is 11.3. The molecule has 0 aliphatic rings. The van der Waals surface area contributed by atoms with Crippen LogP contribution < -0.4 is 0 Å². The van der Waals surface area contributed by atoms with E-state index in [1.54, 1.807) is 0 Å². The van der Waals surface area contributed by atoms with Crippen LogP contribution in [0.2, 0.25) is 0 Å². The second kappa shape index (κ2) is 5.63. The first-order valence-electron chi connectivity index (χ1n) is 6.80. The van der Waals surface area contributed by atoms with Gasteiger partial charge in [-0.15, -0.1) is 6.42 Å². The van der Waals surface area contributed by atoms with Gasteiger partial charge in [0.15, 0.2) is 0 Å². The number of aromatic nitrogens is 2. The van der Waals surface area contributed by atoms with Gasteiger partial charge in [0.1, 0.15) is 5.82 Å². The first-order chi connectivity index (χ1) is 9.88. The molecule has 0 aliphatic carbocycles. The molecule has 98 valence electrons. The Hall–Kier alpha value is -2.53. The first kappa shape index (κ1) is 12.5. The summed E-state index contributed by atoms with van der Waals surface area (Å²) in [5, 5.41) is 0. The summed E-state index contributed by atoms with van der Waals surface area (Å²) >= 11 is 0. The molecule has 0 saturated carbocycles. The van der Waals surface area contributed by atoms with Crippen LogP contribution in [-0.2, 0) is 19.4 Å². The number of hydrogen-bond acceptors (Lipinski definition) is 1. The highest BCUT2D eigenvalue weighted by Gasteiger charge is 2.09. The zero-order valence-electron chi connectivity index (χ0n) is 11.3. The highest BCUT2D eigenvalue weighted by atomic mass is 15.1. The maximum Gasteiger partial charge on any atom is 0.111 e. The van der Waals surface area contributed by atoms with Crippen molar-refractivity contribution in [2.24, 2.45) is 0 Å². The summed E-state index contributed by atoms with van der Waals surface area (Å²) in [6.07, 6.45) is 7.37. The van der Waals surface area contributed by atoms with Gasteiger partial charge in [-0.05, 0) is 24.1 Å². The molecule has 2 heteroatoms. The Balaban J connectivity index is 1.91. The first-order valence-corrected chi connectivity index (χ1v) is 6.80. The molecule has 2 nitrogen and oxygen atoms in total. The molecule has 1 aromatic heterocycles. The van der Waals surface area contributed by atoms with Crippen molar-refractivity contribution in [3.05, 3.63) is 66.0 Å². The molecule has 1 heterocycles. The Morgan fingerprint density at radius 2 is 1.70 bits per heavy atom. The monoisotopic (exact) mass is 260 g/mol. The maximum absolute atomic E-state index is 5.49. The van der Waals surface area contributed by atoms with Gasteiger partial charge < -0.3 is 4.57 Å². The van der Waals surface area contributed by atoms with E-state index >= 15 is 0 Å². The van der Waals surface area contributed by atoms with Crippen molar-refractivity contribution in [3.63, 3.8) is 0 Å². The fraction of sp³-hybridized carbons (Fsp3) is 0.167. The van der Waals surface area contributed by atoms with Crippen LogP contribution in [0.5, 0.6) is 0 Å². The molecule has 0 amide bonds. The number of hydrogen-bond donors (Lipinski definition) is 0. The molecule has 0 spiro atoms. The molecule has 0 unspecified atom stereocenters. The summed E-state index contributed by atoms with van der Waals surface area (Å²) in [5.74, 6) is 3.79. The quantitative estimate of drug-likeness (QED) is 0.657. The van der Waals surface area contributed by atoms with Crippen molar-refractivity contribution in [1.29, 1.82) is 0 Å². The summed E-state index contributed by atoms with van der Waals surface area (Å²) in [5.41, 5.74) is 3.46. The van der Waals surface area contributed by atoms with E-state index in [0.29, 0.717) is 6.54 Å². The lowest BCUT2D eigenvalue weighted by atomic mass is 10.1. The largest absolute Gasteiger partial charge is 0.316 e. The van der Waals surface area contributed by atoms with Gasteiger partial charge >= 0.3 is 0 Å². The Bertz CT molecular complexity index is 748. The van der Waals surface area contributed by atoms with Crippen LogP contribution in [0.15, 0.2) is 54.6 Å². The van der Waals surface area contributed by atoms with Crippen LogP contribution in [0.25, 0.3) is 11.0 Å². The standard InChI is InChI=1S/C18H16N2/c1-2-14-20-17-11-7-6-10-16(17)19-18(20)13-12-15-8-4-3-5-9-15/h1,3-11H,12-14H2. The van der Waals surface area contributed by atoms with Crippen molar-refractivity contribution in [2.45, 2.75) is 19.4 Å². The third-order valence-corrected chi connectivity index (χ3v) is 3.46. The zero-order chi connectivity index (χ0) is 13.8. The number of para-hydroxylation sites is 2. The number of terminal acetylenes is 1. The smallest absolute Gasteiger partial charge is 0.111 e. The van der Waals surface area contributed by atoms with Crippen molar-refractivity contribution in [1.82, 2.24) is 9.55 Å². The van der Waals surface area contributed by atoms with Crippen molar-refractivity contribution >= 4 is 11.0 Å². The van der Waals surface area contributed by atoms with E-state index in [1.807, 2.05) is 24.3 Å². The number of imidazole rings is 1. The van der Waals surface area contributed by atoms with Crippen molar-refractivity contribution in [2.75, 3.05) is 0 Å². The summed E-state index contributed by atoms with van der Waals surface area (Å²) in [7, 11) is 0. The van der Waals surface area contributed by atoms with Crippen LogP contribution in [0.1, 0.15) is 11.4 Å². The lowest BCUT2D eigenvalue weighted by Crippen LogP contribution is -2.04. The Kier molecular flexibility index (Phi) is 3.52. The normalized spacial score (nSPS) is 10.6.